The summed E-state index contributed by atoms with van der Waals surface area (Å²) in [4.78, 5) is 11.0. The second-order valence-corrected chi connectivity index (χ2v) is 18.1. The van der Waals surface area contributed by atoms with Gasteiger partial charge < -0.3 is 9.73 Å². The van der Waals surface area contributed by atoms with Gasteiger partial charge in [-0.2, -0.15) is 0 Å². The molecule has 4 nitrogen and oxygen atoms in total. The van der Waals surface area contributed by atoms with Crippen molar-refractivity contribution in [3.63, 3.8) is 0 Å². The van der Waals surface area contributed by atoms with Crippen LogP contribution in [0.15, 0.2) is 233 Å². The van der Waals surface area contributed by atoms with Crippen molar-refractivity contribution in [1.82, 2.24) is 5.32 Å². The van der Waals surface area contributed by atoms with E-state index in [9.17, 15) is 0 Å². The minimum Gasteiger partial charge on any atom is -0.456 e. The average molecular weight is 856 g/mol. The minimum absolute atomic E-state index is 0.00540. The van der Waals surface area contributed by atoms with E-state index in [2.05, 4.69) is 224 Å². The van der Waals surface area contributed by atoms with Gasteiger partial charge >= 0.3 is 0 Å². The van der Waals surface area contributed by atoms with E-state index in [0.29, 0.717) is 0 Å². The number of aliphatic imine (C=N–C) groups is 2. The molecule has 0 fully saturated rings. The summed E-state index contributed by atoms with van der Waals surface area (Å²) in [6.07, 6.45) is 0.329. The van der Waals surface area contributed by atoms with Gasteiger partial charge in [0.1, 0.15) is 22.8 Å². The van der Waals surface area contributed by atoms with Gasteiger partial charge in [-0.1, -0.05) is 182 Å². The van der Waals surface area contributed by atoms with E-state index in [1.54, 1.807) is 0 Å². The van der Waals surface area contributed by atoms with Crippen LogP contribution in [0.5, 0.6) is 0 Å². The highest BCUT2D eigenvalue weighted by atomic mass is 16.3. The highest BCUT2D eigenvalue weighted by Gasteiger charge is 2.33. The first-order valence-electron chi connectivity index (χ1n) is 23.2. The number of nitrogens with zero attached hydrogens (tertiary/aromatic N) is 2. The molecule has 2 heterocycles. The molecule has 0 bridgehead atoms. The molecule has 14 rings (SSSR count). The Labute approximate surface area is 387 Å². The molecule has 11 aromatic carbocycles. The van der Waals surface area contributed by atoms with E-state index >= 15 is 0 Å². The van der Waals surface area contributed by atoms with Crippen molar-refractivity contribution in [2.45, 2.75) is 18.5 Å². The Morgan fingerprint density at radius 1 is 0.388 bits per heavy atom. The third kappa shape index (κ3) is 6.29. The van der Waals surface area contributed by atoms with Gasteiger partial charge in [-0.05, 0) is 130 Å². The van der Waals surface area contributed by atoms with E-state index in [0.717, 1.165) is 73.1 Å². The lowest BCUT2D eigenvalue weighted by Gasteiger charge is -2.32. The van der Waals surface area contributed by atoms with E-state index in [4.69, 9.17) is 14.4 Å². The van der Waals surface area contributed by atoms with Crippen LogP contribution in [0.4, 0.5) is 0 Å². The lowest BCUT2D eigenvalue weighted by molar-refractivity contribution is 0.668. The maximum Gasteiger partial charge on any atom is 0.169 e. The van der Waals surface area contributed by atoms with Crippen LogP contribution >= 0.6 is 0 Å². The summed E-state index contributed by atoms with van der Waals surface area (Å²) >= 11 is 0. The Hall–Kier alpha value is -8.60. The second kappa shape index (κ2) is 15.0. The summed E-state index contributed by atoms with van der Waals surface area (Å²) in [7, 11) is 0. The first kappa shape index (κ1) is 37.7. The van der Waals surface area contributed by atoms with Gasteiger partial charge in [0.15, 0.2) is 6.17 Å². The molecular weight excluding hydrogens is 815 g/mol. The molecule has 0 spiro atoms. The van der Waals surface area contributed by atoms with Crippen LogP contribution in [0.3, 0.4) is 0 Å². The van der Waals surface area contributed by atoms with Crippen molar-refractivity contribution in [1.29, 1.82) is 0 Å². The van der Waals surface area contributed by atoms with Crippen molar-refractivity contribution in [2.75, 3.05) is 0 Å². The Balaban J connectivity index is 1.01. The molecule has 1 aliphatic carbocycles. The zero-order valence-corrected chi connectivity index (χ0v) is 36.4. The molecule has 4 heteroatoms. The lowest BCUT2D eigenvalue weighted by Crippen LogP contribution is -2.37. The lowest BCUT2D eigenvalue weighted by atomic mass is 9.72. The second-order valence-electron chi connectivity index (χ2n) is 18.1. The highest BCUT2D eigenvalue weighted by molar-refractivity contribution is 6.19. The Kier molecular flexibility index (Phi) is 8.44. The molecule has 2 aliphatic rings. The fraction of sp³-hybridized carbons (Fsp3) is 0.0476. The van der Waals surface area contributed by atoms with Crippen LogP contribution in [-0.2, 0) is 6.42 Å². The topological polar surface area (TPSA) is 49.9 Å². The molecule has 1 aliphatic heterocycles. The summed E-state index contributed by atoms with van der Waals surface area (Å²) in [5, 5.41) is 15.7. The number of fused-ring (bicyclic) bond motifs is 11. The van der Waals surface area contributed by atoms with Gasteiger partial charge in [0.25, 0.3) is 0 Å². The van der Waals surface area contributed by atoms with E-state index in [1.165, 1.54) is 65.7 Å². The van der Waals surface area contributed by atoms with Crippen LogP contribution in [0.25, 0.3) is 87.3 Å². The zero-order valence-electron chi connectivity index (χ0n) is 36.4. The van der Waals surface area contributed by atoms with Crippen LogP contribution in [0, 0.1) is 0 Å². The number of hydrogen-bond acceptors (Lipinski definition) is 4. The van der Waals surface area contributed by atoms with Crippen LogP contribution in [-0.4, -0.2) is 11.7 Å². The number of hydrogen-bond donors (Lipinski definition) is 1. The summed E-state index contributed by atoms with van der Waals surface area (Å²) < 4.78 is 6.88. The van der Waals surface area contributed by atoms with Crippen LogP contribution < -0.4 is 5.32 Å². The van der Waals surface area contributed by atoms with Crippen molar-refractivity contribution < 1.29 is 4.42 Å². The fourth-order valence-corrected chi connectivity index (χ4v) is 10.9. The number of amidine groups is 2. The van der Waals surface area contributed by atoms with Gasteiger partial charge in [-0.15, -0.1) is 0 Å². The fourth-order valence-electron chi connectivity index (χ4n) is 10.9. The normalized spacial score (nSPS) is 15.7. The first-order valence-corrected chi connectivity index (χ1v) is 23.2. The number of rotatable bonds is 5. The number of benzene rings is 11. The molecule has 0 saturated carbocycles. The third-order valence-electron chi connectivity index (χ3n) is 14.2. The SMILES string of the molecule is c1ccc(-c2ccc(C3=NC(c4ccc5ccccc5c4)N=C(c4cc5oc6cc7ccccc7cc6c5cc4[C@@H]4Cc5cc6ccccc6cc5-c5c4ccc4ccccc54)N3)cc2)cc1. The Morgan fingerprint density at radius 2 is 0.970 bits per heavy atom. The molecule has 1 unspecified atom stereocenters. The summed E-state index contributed by atoms with van der Waals surface area (Å²) in [5.41, 5.74) is 13.5. The molecule has 67 heavy (non-hydrogen) atoms. The monoisotopic (exact) mass is 855 g/mol. The Morgan fingerprint density at radius 3 is 1.76 bits per heavy atom. The molecular formula is C63H41N3O. The molecule has 2 atom stereocenters. The van der Waals surface area contributed by atoms with Crippen LogP contribution in [0.1, 0.15) is 45.5 Å². The maximum absolute atomic E-state index is 6.88. The van der Waals surface area contributed by atoms with Crippen LogP contribution in [0.2, 0.25) is 0 Å². The zero-order chi connectivity index (χ0) is 44.0. The molecule has 1 N–H and O–H groups in total. The highest BCUT2D eigenvalue weighted by Crippen LogP contribution is 2.49. The number of nitrogens with one attached hydrogen (secondary N) is 1. The number of furan rings is 1. The Bertz CT molecular complexity index is 4050. The molecule has 314 valence electrons. The van der Waals surface area contributed by atoms with E-state index in [1.807, 2.05) is 0 Å². The summed E-state index contributed by atoms with van der Waals surface area (Å²) in [6, 6.07) is 79.2. The van der Waals surface area contributed by atoms with Gasteiger partial charge in [0, 0.05) is 27.8 Å². The molecule has 0 saturated heterocycles. The quantitative estimate of drug-likeness (QED) is 0.187. The molecule has 1 aromatic heterocycles. The largest absolute Gasteiger partial charge is 0.456 e. The van der Waals surface area contributed by atoms with Gasteiger partial charge in [-0.3, -0.25) is 0 Å². The molecule has 0 amide bonds. The molecule has 0 radical (unpaired) electrons. The minimum atomic E-state index is -0.496. The van der Waals surface area contributed by atoms with Gasteiger partial charge in [-0.25, -0.2) is 9.98 Å². The first-order chi connectivity index (χ1) is 33.1. The third-order valence-corrected chi connectivity index (χ3v) is 14.2. The van der Waals surface area contributed by atoms with Crippen molar-refractivity contribution >= 4 is 76.7 Å². The van der Waals surface area contributed by atoms with Crippen molar-refractivity contribution in [3.8, 4) is 22.3 Å². The maximum atomic E-state index is 6.88. The smallest absolute Gasteiger partial charge is 0.169 e. The molecule has 12 aromatic rings. The standard InChI is InChI=1S/C63H41N3O/c1-2-12-38(13-3-1)40-22-25-42(26-23-40)61-64-62(48-27-24-39-14-4-5-16-43(39)30-48)66-63(65-61)57-37-59-56(55-33-46-19-8-9-20-47(46)35-58(55)67-59)36-54(57)53-34-49-31-44-17-6-7-18-45(44)32-52(49)60-50-21-11-10-15-41(50)28-29-51(53)60/h1-33,35-37,53,62H,34H2,(H,64,65,66)/t53-,62?/m1/s1. The van der Waals surface area contributed by atoms with Gasteiger partial charge in [0.2, 0.25) is 0 Å². The predicted molar refractivity (Wildman–Crippen MR) is 278 cm³/mol. The summed E-state index contributed by atoms with van der Waals surface area (Å²) in [5.74, 6) is 1.54. The van der Waals surface area contributed by atoms with Gasteiger partial charge in [0.05, 0.1) is 0 Å². The summed E-state index contributed by atoms with van der Waals surface area (Å²) in [6.45, 7) is 0. The van der Waals surface area contributed by atoms with E-state index < -0.39 is 6.17 Å². The van der Waals surface area contributed by atoms with Crippen molar-refractivity contribution in [2.24, 2.45) is 9.98 Å². The van der Waals surface area contributed by atoms with Crippen molar-refractivity contribution in [3.05, 3.63) is 252 Å². The average Bonchev–Trinajstić information content (AvgIpc) is 3.74. The predicted octanol–water partition coefficient (Wildman–Crippen LogP) is 15.7. The van der Waals surface area contributed by atoms with E-state index in [-0.39, 0.29) is 5.92 Å².